The van der Waals surface area contributed by atoms with Crippen molar-refractivity contribution in [3.63, 3.8) is 0 Å². The van der Waals surface area contributed by atoms with Gasteiger partial charge in [-0.2, -0.15) is 0 Å². The highest BCUT2D eigenvalue weighted by Gasteiger charge is 2.20. The number of carbonyl (C=O) groups excluding carboxylic acids is 2. The molecular formula is C19H23N3O4S. The van der Waals surface area contributed by atoms with Crippen LogP contribution in [0.15, 0.2) is 23.8 Å². The topological polar surface area (TPSA) is 74.8 Å². The standard InChI is InChI=1S/C19H23N3O4S/c1-12-7-16(14(3)22(12)13(2)10-25-4)17(23)11-26-18(24)8-15-9-21-5-6-27-19(21)20-15/h5-7,9,13H,8,10-11H2,1-4H3/t13-/m0/s1. The molecule has 0 aromatic carbocycles. The molecule has 0 aliphatic rings. The summed E-state index contributed by atoms with van der Waals surface area (Å²) in [4.78, 5) is 29.8. The molecule has 0 N–H and O–H groups in total. The third-order valence-corrected chi connectivity index (χ3v) is 5.24. The fourth-order valence-electron chi connectivity index (χ4n) is 3.34. The van der Waals surface area contributed by atoms with Gasteiger partial charge in [0.25, 0.3) is 0 Å². The number of hydrogen-bond donors (Lipinski definition) is 0. The Balaban J connectivity index is 1.61. The number of thiazole rings is 1. The second-order valence-electron chi connectivity index (χ2n) is 6.54. The Labute approximate surface area is 161 Å². The molecule has 144 valence electrons. The molecule has 3 aromatic rings. The number of hydrogen-bond acceptors (Lipinski definition) is 6. The van der Waals surface area contributed by atoms with E-state index in [1.807, 2.05) is 42.8 Å². The summed E-state index contributed by atoms with van der Waals surface area (Å²) in [5, 5.41) is 1.92. The first-order valence-electron chi connectivity index (χ1n) is 8.68. The summed E-state index contributed by atoms with van der Waals surface area (Å²) in [7, 11) is 1.65. The third-order valence-electron chi connectivity index (χ3n) is 4.47. The predicted molar refractivity (Wildman–Crippen MR) is 103 cm³/mol. The molecule has 0 amide bonds. The summed E-state index contributed by atoms with van der Waals surface area (Å²) >= 11 is 1.50. The number of aromatic nitrogens is 3. The number of imidazole rings is 1. The largest absolute Gasteiger partial charge is 0.457 e. The number of aryl methyl sites for hydroxylation is 1. The van der Waals surface area contributed by atoms with E-state index < -0.39 is 5.97 Å². The van der Waals surface area contributed by atoms with E-state index in [4.69, 9.17) is 9.47 Å². The lowest BCUT2D eigenvalue weighted by molar-refractivity contribution is -0.141. The number of ketones is 1. The van der Waals surface area contributed by atoms with E-state index in [0.29, 0.717) is 17.9 Å². The van der Waals surface area contributed by atoms with Crippen molar-refractivity contribution < 1.29 is 19.1 Å². The minimum Gasteiger partial charge on any atom is -0.457 e. The molecule has 0 aliphatic heterocycles. The smallest absolute Gasteiger partial charge is 0.312 e. The second-order valence-corrected chi connectivity index (χ2v) is 7.42. The van der Waals surface area contributed by atoms with E-state index in [9.17, 15) is 9.59 Å². The van der Waals surface area contributed by atoms with Crippen molar-refractivity contribution in [2.75, 3.05) is 20.3 Å². The summed E-state index contributed by atoms with van der Waals surface area (Å²) < 4.78 is 14.3. The van der Waals surface area contributed by atoms with E-state index in [0.717, 1.165) is 16.3 Å². The maximum Gasteiger partial charge on any atom is 0.312 e. The maximum absolute atomic E-state index is 12.5. The minimum atomic E-state index is -0.462. The van der Waals surface area contributed by atoms with Crippen LogP contribution in [-0.4, -0.2) is 46.0 Å². The quantitative estimate of drug-likeness (QED) is 0.437. The van der Waals surface area contributed by atoms with Gasteiger partial charge in [-0.3, -0.25) is 14.0 Å². The SMILES string of the molecule is COC[C@H](C)n1c(C)cc(C(=O)COC(=O)Cc2cn3ccsc3n2)c1C. The van der Waals surface area contributed by atoms with E-state index in [1.54, 1.807) is 13.3 Å². The Kier molecular flexibility index (Phi) is 5.76. The molecule has 7 nitrogen and oxygen atoms in total. The zero-order valence-electron chi connectivity index (χ0n) is 15.9. The highest BCUT2D eigenvalue weighted by atomic mass is 32.1. The molecule has 0 unspecified atom stereocenters. The molecule has 3 rings (SSSR count). The molecule has 8 heteroatoms. The van der Waals surface area contributed by atoms with E-state index in [-0.39, 0.29) is 24.9 Å². The average Bonchev–Trinajstić information content (AvgIpc) is 3.26. The Morgan fingerprint density at radius 1 is 1.33 bits per heavy atom. The average molecular weight is 389 g/mol. The molecule has 3 heterocycles. The molecule has 0 spiro atoms. The summed E-state index contributed by atoms with van der Waals surface area (Å²) in [5.41, 5.74) is 3.04. The molecule has 1 atom stereocenters. The molecule has 0 bridgehead atoms. The number of nitrogens with zero attached hydrogens (tertiary/aromatic N) is 3. The molecule has 0 saturated heterocycles. The first-order chi connectivity index (χ1) is 12.9. The lowest BCUT2D eigenvalue weighted by Crippen LogP contribution is -2.17. The number of methoxy groups -OCH3 is 1. The number of ether oxygens (including phenoxy) is 2. The zero-order chi connectivity index (χ0) is 19.6. The molecule has 27 heavy (non-hydrogen) atoms. The van der Waals surface area contributed by atoms with Crippen molar-refractivity contribution in [1.29, 1.82) is 0 Å². The maximum atomic E-state index is 12.5. The first-order valence-corrected chi connectivity index (χ1v) is 9.56. The van der Waals surface area contributed by atoms with Gasteiger partial charge >= 0.3 is 5.97 Å². The highest BCUT2D eigenvalue weighted by molar-refractivity contribution is 7.15. The Morgan fingerprint density at radius 2 is 2.11 bits per heavy atom. The molecule has 0 aliphatic carbocycles. The predicted octanol–water partition coefficient (Wildman–Crippen LogP) is 2.99. The van der Waals surface area contributed by atoms with E-state index in [1.165, 1.54) is 11.3 Å². The van der Waals surface area contributed by atoms with Crippen molar-refractivity contribution >= 4 is 28.1 Å². The van der Waals surface area contributed by atoms with E-state index >= 15 is 0 Å². The zero-order valence-corrected chi connectivity index (χ0v) is 16.7. The van der Waals surface area contributed by atoms with Gasteiger partial charge < -0.3 is 14.0 Å². The van der Waals surface area contributed by atoms with Gasteiger partial charge in [-0.25, -0.2) is 4.98 Å². The van der Waals surface area contributed by atoms with Crippen LogP contribution in [0.3, 0.4) is 0 Å². The van der Waals surface area contributed by atoms with Crippen LogP contribution < -0.4 is 0 Å². The fourth-order valence-corrected chi connectivity index (χ4v) is 4.06. The van der Waals surface area contributed by atoms with Crippen LogP contribution in [0.2, 0.25) is 0 Å². The Bertz CT molecular complexity index is 941. The van der Waals surface area contributed by atoms with Gasteiger partial charge in [0.15, 0.2) is 11.6 Å². The third kappa shape index (κ3) is 4.12. The van der Waals surface area contributed by atoms with Gasteiger partial charge in [-0.1, -0.05) is 0 Å². The van der Waals surface area contributed by atoms with Crippen molar-refractivity contribution in [1.82, 2.24) is 14.0 Å². The number of Topliss-reactive ketones (excluding diaryl/α,β-unsaturated/α-hetero) is 1. The van der Waals surface area contributed by atoms with Gasteiger partial charge in [-0.15, -0.1) is 11.3 Å². The lowest BCUT2D eigenvalue weighted by Gasteiger charge is -2.17. The van der Waals surface area contributed by atoms with Crippen LogP contribution >= 0.6 is 11.3 Å². The van der Waals surface area contributed by atoms with Gasteiger partial charge in [-0.05, 0) is 26.8 Å². The van der Waals surface area contributed by atoms with Crippen LogP contribution in [0.5, 0.6) is 0 Å². The molecule has 3 aromatic heterocycles. The Hall–Kier alpha value is -2.45. The minimum absolute atomic E-state index is 0.0472. The normalized spacial score (nSPS) is 12.4. The van der Waals surface area contributed by atoms with Crippen LogP contribution in [0.25, 0.3) is 4.96 Å². The summed E-state index contributed by atoms with van der Waals surface area (Å²) in [6.07, 6.45) is 3.72. The van der Waals surface area contributed by atoms with Gasteiger partial charge in [0.2, 0.25) is 5.78 Å². The summed E-state index contributed by atoms with van der Waals surface area (Å²) in [5.74, 6) is -0.672. The summed E-state index contributed by atoms with van der Waals surface area (Å²) in [6, 6.07) is 1.95. The van der Waals surface area contributed by atoms with Crippen molar-refractivity contribution in [3.05, 3.63) is 46.5 Å². The molecule has 0 radical (unpaired) electrons. The Morgan fingerprint density at radius 3 is 2.81 bits per heavy atom. The number of carbonyl (C=O) groups is 2. The number of esters is 1. The van der Waals surface area contributed by atoms with Crippen LogP contribution in [0.4, 0.5) is 0 Å². The van der Waals surface area contributed by atoms with Gasteiger partial charge in [0.1, 0.15) is 0 Å². The van der Waals surface area contributed by atoms with Gasteiger partial charge in [0.05, 0.1) is 24.8 Å². The monoisotopic (exact) mass is 389 g/mol. The van der Waals surface area contributed by atoms with Crippen molar-refractivity contribution in [3.8, 4) is 0 Å². The van der Waals surface area contributed by atoms with Crippen molar-refractivity contribution in [2.45, 2.75) is 33.2 Å². The number of rotatable bonds is 8. The van der Waals surface area contributed by atoms with Gasteiger partial charge in [0, 0.05) is 41.8 Å². The summed E-state index contributed by atoms with van der Waals surface area (Å²) in [6.45, 7) is 6.16. The fraction of sp³-hybridized carbons (Fsp3) is 0.421. The molecule has 0 fully saturated rings. The van der Waals surface area contributed by atoms with Crippen LogP contribution in [0.1, 0.15) is 40.4 Å². The molecule has 0 saturated carbocycles. The van der Waals surface area contributed by atoms with E-state index in [2.05, 4.69) is 9.55 Å². The number of fused-ring (bicyclic) bond motifs is 1. The molecular weight excluding hydrogens is 366 g/mol. The van der Waals surface area contributed by atoms with Crippen LogP contribution in [0, 0.1) is 13.8 Å². The first kappa shape index (κ1) is 19.3. The lowest BCUT2D eigenvalue weighted by atomic mass is 10.1. The van der Waals surface area contributed by atoms with Crippen molar-refractivity contribution in [2.24, 2.45) is 0 Å². The highest BCUT2D eigenvalue weighted by Crippen LogP contribution is 2.21. The van der Waals surface area contributed by atoms with Crippen LogP contribution in [-0.2, 0) is 20.7 Å². The second kappa shape index (κ2) is 8.06.